The molecule has 2 aromatic heterocycles. The zero-order chi connectivity index (χ0) is 13.8. The Hall–Kier alpha value is -2.17. The van der Waals surface area contributed by atoms with E-state index in [0.29, 0.717) is 28.5 Å². The van der Waals surface area contributed by atoms with E-state index in [0.717, 1.165) is 12.8 Å². The number of nitrogens with zero attached hydrogens (tertiary/aromatic N) is 2. The molecule has 100 valence electrons. The molecule has 5 nitrogen and oxygen atoms in total. The van der Waals surface area contributed by atoms with Gasteiger partial charge in [-0.15, -0.1) is 0 Å². The molecule has 0 aliphatic rings. The van der Waals surface area contributed by atoms with E-state index in [9.17, 15) is 4.79 Å². The maximum Gasteiger partial charge on any atom is 0.254 e. The Morgan fingerprint density at radius 2 is 2.16 bits per heavy atom. The molecule has 0 aromatic carbocycles. The number of aryl methyl sites for hydroxylation is 1. The van der Waals surface area contributed by atoms with Gasteiger partial charge < -0.3 is 9.72 Å². The molecule has 0 aliphatic heterocycles. The summed E-state index contributed by atoms with van der Waals surface area (Å²) in [6.07, 6.45) is 3.32. The number of pyridine rings is 1. The van der Waals surface area contributed by atoms with Gasteiger partial charge in [-0.25, -0.2) is 4.98 Å². The molecule has 0 fully saturated rings. The van der Waals surface area contributed by atoms with Gasteiger partial charge in [-0.1, -0.05) is 6.92 Å². The first-order valence-electron chi connectivity index (χ1n) is 6.26. The Kier molecular flexibility index (Phi) is 3.94. The van der Waals surface area contributed by atoms with E-state index in [-0.39, 0.29) is 5.56 Å². The molecule has 1 N–H and O–H groups in total. The molecule has 0 aliphatic carbocycles. The largest absolute Gasteiger partial charge is 0.494 e. The Morgan fingerprint density at radius 1 is 1.37 bits per heavy atom. The lowest BCUT2D eigenvalue weighted by molar-refractivity contribution is 0.414. The third-order valence-corrected chi connectivity index (χ3v) is 2.90. The van der Waals surface area contributed by atoms with Crippen LogP contribution in [-0.2, 0) is 6.42 Å². The van der Waals surface area contributed by atoms with Crippen LogP contribution in [0.4, 0.5) is 0 Å². The number of ether oxygens (including phenoxy) is 1. The van der Waals surface area contributed by atoms with Crippen molar-refractivity contribution >= 4 is 0 Å². The van der Waals surface area contributed by atoms with Gasteiger partial charge in [-0.2, -0.15) is 0 Å². The van der Waals surface area contributed by atoms with E-state index in [2.05, 4.69) is 15.0 Å². The fraction of sp³-hybridized carbons (Fsp3) is 0.357. The highest BCUT2D eigenvalue weighted by Crippen LogP contribution is 2.26. The summed E-state index contributed by atoms with van der Waals surface area (Å²) in [6.45, 7) is 3.78. The van der Waals surface area contributed by atoms with Crippen LogP contribution in [0, 0.1) is 6.92 Å². The number of hydrogen-bond donors (Lipinski definition) is 1. The van der Waals surface area contributed by atoms with Crippen molar-refractivity contribution in [3.63, 3.8) is 0 Å². The van der Waals surface area contributed by atoms with Crippen molar-refractivity contribution in [2.24, 2.45) is 0 Å². The highest BCUT2D eigenvalue weighted by Gasteiger charge is 2.14. The second-order valence-corrected chi connectivity index (χ2v) is 4.29. The van der Waals surface area contributed by atoms with Crippen LogP contribution >= 0.6 is 0 Å². The molecule has 2 heterocycles. The zero-order valence-electron chi connectivity index (χ0n) is 11.4. The number of methoxy groups -OCH3 is 1. The highest BCUT2D eigenvalue weighted by molar-refractivity contribution is 5.65. The second kappa shape index (κ2) is 5.65. The summed E-state index contributed by atoms with van der Waals surface area (Å²) >= 11 is 0. The number of H-pyrrole nitrogens is 1. The quantitative estimate of drug-likeness (QED) is 0.913. The number of hydrogen-bond acceptors (Lipinski definition) is 4. The second-order valence-electron chi connectivity index (χ2n) is 4.29. The molecule has 0 unspecified atom stereocenters. The molecule has 5 heteroatoms. The lowest BCUT2D eigenvalue weighted by atomic mass is 10.1. The van der Waals surface area contributed by atoms with E-state index < -0.39 is 0 Å². The molecule has 0 saturated carbocycles. The lowest BCUT2D eigenvalue weighted by Crippen LogP contribution is -2.16. The molecule has 19 heavy (non-hydrogen) atoms. The van der Waals surface area contributed by atoms with Gasteiger partial charge in [0.15, 0.2) is 0 Å². The van der Waals surface area contributed by atoms with Crippen LogP contribution in [0.3, 0.4) is 0 Å². The molecule has 2 aromatic rings. The van der Waals surface area contributed by atoms with Crippen LogP contribution in [0.2, 0.25) is 0 Å². The SMILES string of the molecule is CCCc1nc(-c2ncccc2OC)c(C)c(=O)[nH]1. The average molecular weight is 259 g/mol. The number of aromatic nitrogens is 3. The topological polar surface area (TPSA) is 67.9 Å². The lowest BCUT2D eigenvalue weighted by Gasteiger charge is -2.09. The molecule has 2 rings (SSSR count). The maximum atomic E-state index is 11.9. The fourth-order valence-corrected chi connectivity index (χ4v) is 1.90. The minimum Gasteiger partial charge on any atom is -0.494 e. The van der Waals surface area contributed by atoms with E-state index in [1.165, 1.54) is 0 Å². The Balaban J connectivity index is 2.63. The van der Waals surface area contributed by atoms with Crippen LogP contribution in [0.1, 0.15) is 24.7 Å². The predicted octanol–water partition coefficient (Wildman–Crippen LogP) is 2.10. The minimum absolute atomic E-state index is 0.124. The standard InChI is InChI=1S/C14H17N3O2/c1-4-6-11-16-12(9(2)14(18)17-11)13-10(19-3)7-5-8-15-13/h5,7-8H,4,6H2,1-3H3,(H,16,17,18). The smallest absolute Gasteiger partial charge is 0.254 e. The summed E-state index contributed by atoms with van der Waals surface area (Å²) in [7, 11) is 1.58. The normalized spacial score (nSPS) is 10.5. The van der Waals surface area contributed by atoms with Crippen molar-refractivity contribution in [2.45, 2.75) is 26.7 Å². The summed E-state index contributed by atoms with van der Waals surface area (Å²) < 4.78 is 5.28. The molecule has 0 radical (unpaired) electrons. The first kappa shape index (κ1) is 13.3. The zero-order valence-corrected chi connectivity index (χ0v) is 11.4. The fourth-order valence-electron chi connectivity index (χ4n) is 1.90. The summed E-state index contributed by atoms with van der Waals surface area (Å²) in [5.41, 5.74) is 1.62. The molecular weight excluding hydrogens is 242 g/mol. The molecular formula is C14H17N3O2. The number of aromatic amines is 1. The van der Waals surface area contributed by atoms with Gasteiger partial charge in [-0.05, 0) is 25.5 Å². The van der Waals surface area contributed by atoms with Gasteiger partial charge in [0.25, 0.3) is 5.56 Å². The van der Waals surface area contributed by atoms with Crippen LogP contribution < -0.4 is 10.3 Å². The van der Waals surface area contributed by atoms with Crippen molar-refractivity contribution in [1.82, 2.24) is 15.0 Å². The molecule has 0 atom stereocenters. The van der Waals surface area contributed by atoms with Gasteiger partial charge in [0.2, 0.25) is 0 Å². The number of nitrogens with one attached hydrogen (secondary N) is 1. The summed E-state index contributed by atoms with van der Waals surface area (Å²) in [5, 5.41) is 0. The monoisotopic (exact) mass is 259 g/mol. The molecule has 0 saturated heterocycles. The molecule has 0 spiro atoms. The number of rotatable bonds is 4. The van der Waals surface area contributed by atoms with Crippen LogP contribution in [0.25, 0.3) is 11.4 Å². The van der Waals surface area contributed by atoms with Gasteiger partial charge in [0, 0.05) is 18.2 Å². The first-order valence-corrected chi connectivity index (χ1v) is 6.26. The van der Waals surface area contributed by atoms with Crippen LogP contribution in [0.15, 0.2) is 23.1 Å². The van der Waals surface area contributed by atoms with Gasteiger partial charge in [0.1, 0.15) is 23.0 Å². The van der Waals surface area contributed by atoms with E-state index in [1.54, 1.807) is 26.3 Å². The van der Waals surface area contributed by atoms with Gasteiger partial charge in [-0.3, -0.25) is 9.78 Å². The van der Waals surface area contributed by atoms with Crippen molar-refractivity contribution in [3.8, 4) is 17.1 Å². The average Bonchev–Trinajstić information content (AvgIpc) is 2.43. The van der Waals surface area contributed by atoms with Crippen LogP contribution in [-0.4, -0.2) is 22.1 Å². The highest BCUT2D eigenvalue weighted by atomic mass is 16.5. The van der Waals surface area contributed by atoms with Crippen molar-refractivity contribution < 1.29 is 4.74 Å². The van der Waals surface area contributed by atoms with Crippen molar-refractivity contribution in [3.05, 3.63) is 40.1 Å². The van der Waals surface area contributed by atoms with E-state index in [1.807, 2.05) is 13.0 Å². The Morgan fingerprint density at radius 3 is 2.84 bits per heavy atom. The van der Waals surface area contributed by atoms with Gasteiger partial charge >= 0.3 is 0 Å². The van der Waals surface area contributed by atoms with Crippen LogP contribution in [0.5, 0.6) is 5.75 Å². The third kappa shape index (κ3) is 2.65. The Bertz CT molecular complexity index is 635. The first-order chi connectivity index (χ1) is 9.17. The van der Waals surface area contributed by atoms with E-state index in [4.69, 9.17) is 4.74 Å². The van der Waals surface area contributed by atoms with E-state index >= 15 is 0 Å². The van der Waals surface area contributed by atoms with Crippen molar-refractivity contribution in [2.75, 3.05) is 7.11 Å². The van der Waals surface area contributed by atoms with Gasteiger partial charge in [0.05, 0.1) is 7.11 Å². The molecule has 0 amide bonds. The molecule has 0 bridgehead atoms. The summed E-state index contributed by atoms with van der Waals surface area (Å²) in [6, 6.07) is 3.60. The Labute approximate surface area is 111 Å². The van der Waals surface area contributed by atoms with Crippen molar-refractivity contribution in [1.29, 1.82) is 0 Å². The third-order valence-electron chi connectivity index (χ3n) is 2.90. The summed E-state index contributed by atoms with van der Waals surface area (Å²) in [5.74, 6) is 1.30. The minimum atomic E-state index is -0.124. The summed E-state index contributed by atoms with van der Waals surface area (Å²) in [4.78, 5) is 23.5. The predicted molar refractivity (Wildman–Crippen MR) is 73.4 cm³/mol. The maximum absolute atomic E-state index is 11.9.